The first-order valence-corrected chi connectivity index (χ1v) is 8.14. The molecule has 0 atom stereocenters. The Morgan fingerprint density at radius 1 is 1.00 bits per heavy atom. The number of Topliss-reactive ketones (excluding diaryl/α,β-unsaturated/α-hetero) is 1. The Kier molecular flexibility index (Phi) is 4.22. The van der Waals surface area contributed by atoms with E-state index < -0.39 is 0 Å². The van der Waals surface area contributed by atoms with Gasteiger partial charge in [-0.1, -0.05) is 36.4 Å². The van der Waals surface area contributed by atoms with E-state index in [-0.39, 0.29) is 5.78 Å². The van der Waals surface area contributed by atoms with Gasteiger partial charge in [-0.05, 0) is 42.5 Å². The number of hydrogen-bond acceptors (Lipinski definition) is 2. The molecule has 0 saturated heterocycles. The summed E-state index contributed by atoms with van der Waals surface area (Å²) in [6.45, 7) is 0. The molecule has 0 heterocycles. The predicted molar refractivity (Wildman–Crippen MR) is 84.6 cm³/mol. The largest absolute Gasteiger partial charge is 0.294 e. The minimum Gasteiger partial charge on any atom is -0.294 e. The minimum atomic E-state index is 0.235. The average Bonchev–Trinajstić information content (AvgIpc) is 2.95. The number of benzene rings is 2. The van der Waals surface area contributed by atoms with Gasteiger partial charge in [0.25, 0.3) is 0 Å². The highest BCUT2D eigenvalue weighted by Crippen LogP contribution is 2.28. The quantitative estimate of drug-likeness (QED) is 0.591. The average molecular weight is 282 g/mol. The number of rotatable bonds is 5. The standard InChI is InChI=1S/C18H18OS/c19-18(15-5-2-1-3-6-15)11-12-20-17-10-9-14-7-4-8-16(14)13-17/h1-3,5-6,9-10,13H,4,7-8,11-12H2. The highest BCUT2D eigenvalue weighted by Gasteiger charge is 2.11. The Balaban J connectivity index is 1.54. The van der Waals surface area contributed by atoms with Gasteiger partial charge in [-0.2, -0.15) is 0 Å². The summed E-state index contributed by atoms with van der Waals surface area (Å²) < 4.78 is 0. The summed E-state index contributed by atoms with van der Waals surface area (Å²) in [7, 11) is 0. The van der Waals surface area contributed by atoms with Gasteiger partial charge in [0.05, 0.1) is 0 Å². The molecule has 2 aromatic carbocycles. The van der Waals surface area contributed by atoms with E-state index >= 15 is 0 Å². The van der Waals surface area contributed by atoms with Crippen LogP contribution in [-0.2, 0) is 12.8 Å². The molecule has 0 unspecified atom stereocenters. The molecule has 0 bridgehead atoms. The molecule has 102 valence electrons. The smallest absolute Gasteiger partial charge is 0.163 e. The SMILES string of the molecule is O=C(CCSc1ccc2c(c1)CCC2)c1ccccc1. The fourth-order valence-corrected chi connectivity index (χ4v) is 3.58. The van der Waals surface area contributed by atoms with Gasteiger partial charge in [-0.25, -0.2) is 0 Å². The van der Waals surface area contributed by atoms with Gasteiger partial charge in [-0.3, -0.25) is 4.79 Å². The number of aryl methyl sites for hydroxylation is 2. The Bertz CT molecular complexity index is 604. The topological polar surface area (TPSA) is 17.1 Å². The van der Waals surface area contributed by atoms with Gasteiger partial charge in [0.1, 0.15) is 0 Å². The Morgan fingerprint density at radius 3 is 2.65 bits per heavy atom. The molecule has 1 aliphatic rings. The van der Waals surface area contributed by atoms with Crippen LogP contribution >= 0.6 is 11.8 Å². The van der Waals surface area contributed by atoms with Crippen LogP contribution in [0.5, 0.6) is 0 Å². The maximum atomic E-state index is 12.0. The molecule has 3 rings (SSSR count). The van der Waals surface area contributed by atoms with Crippen LogP contribution in [0.25, 0.3) is 0 Å². The number of fused-ring (bicyclic) bond motifs is 1. The number of carbonyl (C=O) groups excluding carboxylic acids is 1. The first-order valence-electron chi connectivity index (χ1n) is 7.16. The van der Waals surface area contributed by atoms with Crippen molar-refractivity contribution < 1.29 is 4.79 Å². The number of ketones is 1. The monoisotopic (exact) mass is 282 g/mol. The maximum absolute atomic E-state index is 12.0. The maximum Gasteiger partial charge on any atom is 0.163 e. The van der Waals surface area contributed by atoms with E-state index in [1.54, 1.807) is 11.8 Å². The van der Waals surface area contributed by atoms with Crippen LogP contribution in [0.3, 0.4) is 0 Å². The second-order valence-electron chi connectivity index (χ2n) is 5.17. The Morgan fingerprint density at radius 2 is 1.80 bits per heavy atom. The first-order chi connectivity index (χ1) is 9.83. The van der Waals surface area contributed by atoms with E-state index in [9.17, 15) is 4.79 Å². The fourth-order valence-electron chi connectivity index (χ4n) is 2.67. The van der Waals surface area contributed by atoms with E-state index in [1.165, 1.54) is 35.3 Å². The van der Waals surface area contributed by atoms with E-state index in [0.717, 1.165) is 11.3 Å². The molecule has 0 fully saturated rings. The van der Waals surface area contributed by atoms with Gasteiger partial charge in [0.15, 0.2) is 5.78 Å². The molecule has 0 radical (unpaired) electrons. The summed E-state index contributed by atoms with van der Waals surface area (Å²) >= 11 is 1.79. The van der Waals surface area contributed by atoms with Crippen LogP contribution in [0.2, 0.25) is 0 Å². The van der Waals surface area contributed by atoms with E-state index in [2.05, 4.69) is 18.2 Å². The van der Waals surface area contributed by atoms with E-state index in [1.807, 2.05) is 30.3 Å². The summed E-state index contributed by atoms with van der Waals surface area (Å²) in [4.78, 5) is 13.3. The van der Waals surface area contributed by atoms with Gasteiger partial charge in [-0.15, -0.1) is 11.8 Å². The second-order valence-corrected chi connectivity index (χ2v) is 6.34. The second kappa shape index (κ2) is 6.27. The van der Waals surface area contributed by atoms with Crippen LogP contribution in [0, 0.1) is 0 Å². The van der Waals surface area contributed by atoms with Crippen molar-refractivity contribution in [1.29, 1.82) is 0 Å². The van der Waals surface area contributed by atoms with Gasteiger partial charge < -0.3 is 0 Å². The summed E-state index contributed by atoms with van der Waals surface area (Å²) in [6, 6.07) is 16.3. The predicted octanol–water partition coefficient (Wildman–Crippen LogP) is 4.54. The van der Waals surface area contributed by atoms with Gasteiger partial charge in [0, 0.05) is 22.6 Å². The molecule has 20 heavy (non-hydrogen) atoms. The number of thioether (sulfide) groups is 1. The van der Waals surface area contributed by atoms with Crippen LogP contribution in [0.15, 0.2) is 53.4 Å². The van der Waals surface area contributed by atoms with Gasteiger partial charge >= 0.3 is 0 Å². The molecular formula is C18H18OS. The molecule has 1 nitrogen and oxygen atoms in total. The van der Waals surface area contributed by atoms with Crippen LogP contribution in [0.4, 0.5) is 0 Å². The third-order valence-corrected chi connectivity index (χ3v) is 4.76. The summed E-state index contributed by atoms with van der Waals surface area (Å²) in [6.07, 6.45) is 4.33. The molecular weight excluding hydrogens is 264 g/mol. The van der Waals surface area contributed by atoms with E-state index in [4.69, 9.17) is 0 Å². The van der Waals surface area contributed by atoms with Crippen molar-refractivity contribution in [3.05, 3.63) is 65.2 Å². The summed E-state index contributed by atoms with van der Waals surface area (Å²) in [5.74, 6) is 1.09. The molecule has 0 N–H and O–H groups in total. The zero-order valence-electron chi connectivity index (χ0n) is 11.5. The fraction of sp³-hybridized carbons (Fsp3) is 0.278. The third-order valence-electron chi connectivity index (χ3n) is 3.76. The molecule has 1 aliphatic carbocycles. The lowest BCUT2D eigenvalue weighted by atomic mass is 10.1. The zero-order chi connectivity index (χ0) is 13.8. The normalized spacial score (nSPS) is 13.2. The Labute approximate surface area is 124 Å². The van der Waals surface area contributed by atoms with Crippen molar-refractivity contribution >= 4 is 17.5 Å². The summed E-state index contributed by atoms with van der Waals surface area (Å²) in [5, 5.41) is 0. The number of hydrogen-bond donors (Lipinski definition) is 0. The Hall–Kier alpha value is -1.54. The summed E-state index contributed by atoms with van der Waals surface area (Å²) in [5.41, 5.74) is 3.83. The third kappa shape index (κ3) is 3.13. The van der Waals surface area contributed by atoms with Crippen molar-refractivity contribution in [1.82, 2.24) is 0 Å². The molecule has 0 aliphatic heterocycles. The van der Waals surface area contributed by atoms with Crippen LogP contribution < -0.4 is 0 Å². The first kappa shape index (κ1) is 13.4. The van der Waals surface area contributed by atoms with Crippen LogP contribution in [-0.4, -0.2) is 11.5 Å². The van der Waals surface area contributed by atoms with Crippen molar-refractivity contribution in [2.45, 2.75) is 30.6 Å². The molecule has 2 heteroatoms. The molecule has 0 amide bonds. The molecule has 0 spiro atoms. The van der Waals surface area contributed by atoms with Crippen LogP contribution in [0.1, 0.15) is 34.3 Å². The zero-order valence-corrected chi connectivity index (χ0v) is 12.3. The minimum absolute atomic E-state index is 0.235. The van der Waals surface area contributed by atoms with Crippen molar-refractivity contribution in [2.24, 2.45) is 0 Å². The highest BCUT2D eigenvalue weighted by atomic mass is 32.2. The lowest BCUT2D eigenvalue weighted by Crippen LogP contribution is -1.99. The molecule has 2 aromatic rings. The van der Waals surface area contributed by atoms with Crippen molar-refractivity contribution in [3.63, 3.8) is 0 Å². The number of carbonyl (C=O) groups is 1. The van der Waals surface area contributed by atoms with E-state index in [0.29, 0.717) is 6.42 Å². The lowest BCUT2D eigenvalue weighted by molar-refractivity contribution is 0.0989. The molecule has 0 saturated carbocycles. The lowest BCUT2D eigenvalue weighted by Gasteiger charge is -2.05. The van der Waals surface area contributed by atoms with Gasteiger partial charge in [0.2, 0.25) is 0 Å². The highest BCUT2D eigenvalue weighted by molar-refractivity contribution is 7.99. The van der Waals surface area contributed by atoms with Crippen molar-refractivity contribution in [2.75, 3.05) is 5.75 Å². The van der Waals surface area contributed by atoms with Crippen molar-refractivity contribution in [3.8, 4) is 0 Å². The molecule has 0 aromatic heterocycles.